The zero-order chi connectivity index (χ0) is 23.5. The van der Waals surface area contributed by atoms with Crippen LogP contribution in [0.3, 0.4) is 0 Å². The number of halogens is 1. The molecule has 0 saturated carbocycles. The summed E-state index contributed by atoms with van der Waals surface area (Å²) in [5, 5.41) is 4.93. The lowest BCUT2D eigenvalue weighted by Gasteiger charge is -2.12. The van der Waals surface area contributed by atoms with Crippen molar-refractivity contribution in [1.82, 2.24) is 9.66 Å². The molecule has 0 aliphatic heterocycles. The minimum absolute atomic E-state index is 0.0270. The maximum Gasteiger partial charge on any atom is 0.343 e. The predicted octanol–water partition coefficient (Wildman–Crippen LogP) is 5.69. The highest BCUT2D eigenvalue weighted by Gasteiger charge is 2.15. The summed E-state index contributed by atoms with van der Waals surface area (Å²) in [5.41, 5.74) is 2.42. The fraction of sp³-hybridized carbons (Fsp3) is 0.154. The molecule has 3 aromatic carbocycles. The Morgan fingerprint density at radius 3 is 2.55 bits per heavy atom. The molecule has 0 aliphatic rings. The molecular weight excluding hydrogens is 482 g/mol. The Morgan fingerprint density at radius 2 is 1.82 bits per heavy atom. The van der Waals surface area contributed by atoms with E-state index in [0.717, 1.165) is 10.0 Å². The van der Waals surface area contributed by atoms with Crippen LogP contribution in [0, 0.1) is 6.92 Å². The minimum atomic E-state index is -0.473. The van der Waals surface area contributed by atoms with Gasteiger partial charge in [0.25, 0.3) is 5.56 Å². The lowest BCUT2D eigenvalue weighted by Crippen LogP contribution is -2.23. The highest BCUT2D eigenvalue weighted by molar-refractivity contribution is 9.10. The van der Waals surface area contributed by atoms with Crippen LogP contribution in [-0.4, -0.2) is 21.8 Å². The molecule has 166 valence electrons. The van der Waals surface area contributed by atoms with Crippen LogP contribution in [0.15, 0.2) is 81.1 Å². The van der Waals surface area contributed by atoms with Crippen molar-refractivity contribution >= 4 is 39.0 Å². The van der Waals surface area contributed by atoms with E-state index in [1.807, 2.05) is 45.0 Å². The number of hydrogen-bond acceptors (Lipinski definition) is 5. The van der Waals surface area contributed by atoms with E-state index in [1.54, 1.807) is 42.5 Å². The average Bonchev–Trinajstić information content (AvgIpc) is 2.80. The zero-order valence-electron chi connectivity index (χ0n) is 18.4. The predicted molar refractivity (Wildman–Crippen MR) is 133 cm³/mol. The van der Waals surface area contributed by atoms with Gasteiger partial charge in [0, 0.05) is 16.0 Å². The van der Waals surface area contributed by atoms with Crippen molar-refractivity contribution in [3.63, 3.8) is 0 Å². The Morgan fingerprint density at radius 1 is 1.09 bits per heavy atom. The van der Waals surface area contributed by atoms with E-state index in [1.165, 1.54) is 10.9 Å². The third-order valence-electron chi connectivity index (χ3n) is 5.07. The van der Waals surface area contributed by atoms with Crippen LogP contribution >= 0.6 is 15.9 Å². The molecule has 1 heterocycles. The van der Waals surface area contributed by atoms with E-state index < -0.39 is 5.97 Å². The summed E-state index contributed by atoms with van der Waals surface area (Å²) in [5.74, 6) is 0.378. The number of aromatic nitrogens is 2. The SMILES string of the molecule is Cc1ccc(C(=O)Oc2ccc(Br)cc2C=Nn2c(C(C)C)nc3ccccc3c2=O)cc1. The van der Waals surface area contributed by atoms with Crippen molar-refractivity contribution in [2.24, 2.45) is 5.10 Å². The highest BCUT2D eigenvalue weighted by atomic mass is 79.9. The van der Waals surface area contributed by atoms with Gasteiger partial charge in [0.05, 0.1) is 22.7 Å². The van der Waals surface area contributed by atoms with Crippen LogP contribution in [0.4, 0.5) is 0 Å². The minimum Gasteiger partial charge on any atom is -0.422 e. The molecule has 0 fully saturated rings. The van der Waals surface area contributed by atoms with Crippen LogP contribution in [0.2, 0.25) is 0 Å². The summed E-state index contributed by atoms with van der Waals surface area (Å²) in [4.78, 5) is 30.4. The second-order valence-corrected chi connectivity index (χ2v) is 8.86. The molecule has 33 heavy (non-hydrogen) atoms. The van der Waals surface area contributed by atoms with E-state index in [2.05, 4.69) is 26.0 Å². The third kappa shape index (κ3) is 4.93. The van der Waals surface area contributed by atoms with Crippen LogP contribution in [0.1, 0.15) is 47.1 Å². The first kappa shape index (κ1) is 22.6. The van der Waals surface area contributed by atoms with Crippen molar-refractivity contribution in [2.75, 3.05) is 0 Å². The fourth-order valence-electron chi connectivity index (χ4n) is 3.31. The molecule has 0 aliphatic carbocycles. The highest BCUT2D eigenvalue weighted by Crippen LogP contribution is 2.23. The van der Waals surface area contributed by atoms with E-state index >= 15 is 0 Å². The molecule has 0 saturated heterocycles. The maximum atomic E-state index is 13.1. The van der Waals surface area contributed by atoms with Crippen molar-refractivity contribution < 1.29 is 9.53 Å². The van der Waals surface area contributed by atoms with Crippen molar-refractivity contribution in [2.45, 2.75) is 26.7 Å². The van der Waals surface area contributed by atoms with Gasteiger partial charge in [-0.15, -0.1) is 0 Å². The molecule has 1 aromatic heterocycles. The molecule has 0 N–H and O–H groups in total. The standard InChI is InChI=1S/C26H22BrN3O3/c1-16(2)24-29-22-7-5-4-6-21(22)25(31)30(24)28-15-19-14-20(27)12-13-23(19)33-26(32)18-10-8-17(3)9-11-18/h4-16H,1-3H3. The number of ether oxygens (including phenoxy) is 1. The summed E-state index contributed by atoms with van der Waals surface area (Å²) in [6.45, 7) is 5.86. The van der Waals surface area contributed by atoms with Gasteiger partial charge in [0.1, 0.15) is 11.6 Å². The Labute approximate surface area is 199 Å². The first-order valence-electron chi connectivity index (χ1n) is 10.5. The van der Waals surface area contributed by atoms with Gasteiger partial charge in [-0.25, -0.2) is 9.78 Å². The molecule has 0 radical (unpaired) electrons. The van der Waals surface area contributed by atoms with E-state index in [4.69, 9.17) is 4.74 Å². The second kappa shape index (κ2) is 9.50. The second-order valence-electron chi connectivity index (χ2n) is 7.94. The molecule has 4 rings (SSSR count). The van der Waals surface area contributed by atoms with Gasteiger partial charge in [-0.3, -0.25) is 4.79 Å². The normalized spacial score (nSPS) is 11.4. The number of carbonyl (C=O) groups is 1. The Bertz CT molecular complexity index is 1420. The maximum absolute atomic E-state index is 13.1. The lowest BCUT2D eigenvalue weighted by atomic mass is 10.1. The van der Waals surface area contributed by atoms with E-state index in [-0.39, 0.29) is 11.5 Å². The monoisotopic (exact) mass is 503 g/mol. The van der Waals surface area contributed by atoms with Gasteiger partial charge in [-0.05, 0) is 49.4 Å². The molecule has 0 spiro atoms. The molecule has 0 atom stereocenters. The molecule has 0 unspecified atom stereocenters. The summed E-state index contributed by atoms with van der Waals surface area (Å²) in [6.07, 6.45) is 1.51. The molecule has 0 amide bonds. The van der Waals surface area contributed by atoms with Crippen LogP contribution in [0.25, 0.3) is 10.9 Å². The van der Waals surface area contributed by atoms with Crippen molar-refractivity contribution in [1.29, 1.82) is 0 Å². The molecule has 4 aromatic rings. The van der Waals surface area contributed by atoms with Gasteiger partial charge in [-0.1, -0.05) is 59.6 Å². The van der Waals surface area contributed by atoms with Gasteiger partial charge in [0.15, 0.2) is 0 Å². The summed E-state index contributed by atoms with van der Waals surface area (Å²) < 4.78 is 7.73. The number of carbonyl (C=O) groups excluding carboxylic acids is 1. The fourth-order valence-corrected chi connectivity index (χ4v) is 3.69. The number of para-hydroxylation sites is 1. The van der Waals surface area contributed by atoms with Crippen LogP contribution in [-0.2, 0) is 0 Å². The van der Waals surface area contributed by atoms with Crippen molar-refractivity contribution in [3.8, 4) is 5.75 Å². The number of esters is 1. The van der Waals surface area contributed by atoms with E-state index in [0.29, 0.717) is 33.6 Å². The Kier molecular flexibility index (Phi) is 6.51. The topological polar surface area (TPSA) is 73.5 Å². The quantitative estimate of drug-likeness (QED) is 0.199. The largest absolute Gasteiger partial charge is 0.422 e. The number of fused-ring (bicyclic) bond motifs is 1. The summed E-state index contributed by atoms with van der Waals surface area (Å²) in [7, 11) is 0. The van der Waals surface area contributed by atoms with Gasteiger partial charge in [-0.2, -0.15) is 9.78 Å². The third-order valence-corrected chi connectivity index (χ3v) is 5.56. The van der Waals surface area contributed by atoms with Crippen LogP contribution in [0.5, 0.6) is 5.75 Å². The van der Waals surface area contributed by atoms with Gasteiger partial charge in [0.2, 0.25) is 0 Å². The van der Waals surface area contributed by atoms with Gasteiger partial charge >= 0.3 is 5.97 Å². The van der Waals surface area contributed by atoms with E-state index in [9.17, 15) is 9.59 Å². The van der Waals surface area contributed by atoms with Crippen molar-refractivity contribution in [3.05, 3.63) is 104 Å². The first-order valence-corrected chi connectivity index (χ1v) is 11.3. The summed E-state index contributed by atoms with van der Waals surface area (Å²) >= 11 is 3.44. The lowest BCUT2D eigenvalue weighted by molar-refractivity contribution is 0.0734. The Hall–Kier alpha value is -3.58. The zero-order valence-corrected chi connectivity index (χ0v) is 20.0. The first-order chi connectivity index (χ1) is 15.8. The summed E-state index contributed by atoms with van der Waals surface area (Å²) in [6, 6.07) is 19.6. The molecule has 6 nitrogen and oxygen atoms in total. The molecule has 0 bridgehead atoms. The number of nitrogens with zero attached hydrogens (tertiary/aromatic N) is 3. The number of rotatable bonds is 5. The number of hydrogen-bond donors (Lipinski definition) is 0. The average molecular weight is 504 g/mol. The van der Waals surface area contributed by atoms with Gasteiger partial charge < -0.3 is 4.74 Å². The van der Waals surface area contributed by atoms with Crippen LogP contribution < -0.4 is 10.3 Å². The molecular formula is C26H22BrN3O3. The number of benzene rings is 3. The Balaban J connectivity index is 1.74. The molecule has 7 heteroatoms. The smallest absolute Gasteiger partial charge is 0.343 e. The number of aryl methyl sites for hydroxylation is 1.